The van der Waals surface area contributed by atoms with E-state index in [1.54, 1.807) is 6.92 Å². The van der Waals surface area contributed by atoms with E-state index in [-0.39, 0.29) is 21.8 Å². The quantitative estimate of drug-likeness (QED) is 0.400. The minimum absolute atomic E-state index is 0.0943. The predicted octanol–water partition coefficient (Wildman–Crippen LogP) is 4.19. The lowest BCUT2D eigenvalue weighted by Gasteiger charge is -2.11. The summed E-state index contributed by atoms with van der Waals surface area (Å²) >= 11 is 12.9. The molecule has 10 heteroatoms. The zero-order valence-corrected chi connectivity index (χ0v) is 18.7. The molecular formula is C19H23ClN4O3S2. The zero-order valence-electron chi connectivity index (χ0n) is 16.3. The Morgan fingerprint density at radius 1 is 1.31 bits per heavy atom. The number of nitrogens with zero attached hydrogens (tertiary/aromatic N) is 2. The highest BCUT2D eigenvalue weighted by molar-refractivity contribution is 7.80. The van der Waals surface area contributed by atoms with Gasteiger partial charge < -0.3 is 10.1 Å². The average Bonchev–Trinajstić information content (AvgIpc) is 3.13. The SMILES string of the molecule is CCOC(=O)c1c(NC(=S)NC(=O)c2c(Cl)cnn2CC)sc2c1CCCCC2. The number of anilines is 1. The van der Waals surface area contributed by atoms with Crippen LogP contribution in [0.5, 0.6) is 0 Å². The van der Waals surface area contributed by atoms with E-state index in [9.17, 15) is 9.59 Å². The van der Waals surface area contributed by atoms with Crippen molar-refractivity contribution in [2.24, 2.45) is 0 Å². The van der Waals surface area contributed by atoms with Gasteiger partial charge in [-0.1, -0.05) is 18.0 Å². The Morgan fingerprint density at radius 2 is 2.07 bits per heavy atom. The van der Waals surface area contributed by atoms with E-state index in [4.69, 9.17) is 28.6 Å². The van der Waals surface area contributed by atoms with E-state index in [2.05, 4.69) is 15.7 Å². The van der Waals surface area contributed by atoms with Gasteiger partial charge in [0.05, 0.1) is 23.4 Å². The van der Waals surface area contributed by atoms with Crippen molar-refractivity contribution < 1.29 is 14.3 Å². The van der Waals surface area contributed by atoms with Crippen LogP contribution in [-0.4, -0.2) is 33.4 Å². The maximum Gasteiger partial charge on any atom is 0.341 e. The molecule has 0 radical (unpaired) electrons. The molecule has 0 saturated carbocycles. The molecule has 1 aliphatic carbocycles. The Hall–Kier alpha value is -1.97. The fraction of sp³-hybridized carbons (Fsp3) is 0.474. The van der Waals surface area contributed by atoms with Crippen LogP contribution in [0, 0.1) is 0 Å². The van der Waals surface area contributed by atoms with Crippen molar-refractivity contribution >= 4 is 57.1 Å². The van der Waals surface area contributed by atoms with Gasteiger partial charge in [-0.3, -0.25) is 14.8 Å². The van der Waals surface area contributed by atoms with Crippen molar-refractivity contribution in [1.29, 1.82) is 0 Å². The monoisotopic (exact) mass is 454 g/mol. The number of hydrogen-bond acceptors (Lipinski definition) is 6. The predicted molar refractivity (Wildman–Crippen MR) is 118 cm³/mol. The van der Waals surface area contributed by atoms with Crippen LogP contribution in [0.2, 0.25) is 5.02 Å². The molecule has 0 aliphatic heterocycles. The zero-order chi connectivity index (χ0) is 21.0. The smallest absolute Gasteiger partial charge is 0.341 e. The second kappa shape index (κ2) is 9.69. The summed E-state index contributed by atoms with van der Waals surface area (Å²) in [4.78, 5) is 26.4. The number of hydrogen-bond donors (Lipinski definition) is 2. The average molecular weight is 455 g/mol. The first-order valence-corrected chi connectivity index (χ1v) is 11.2. The number of thiophene rings is 1. The molecule has 3 rings (SSSR count). The van der Waals surface area contributed by atoms with Gasteiger partial charge in [0, 0.05) is 11.4 Å². The maximum absolute atomic E-state index is 12.6. The standard InChI is InChI=1S/C19H23ClN4O3S2/c1-3-24-15(12(20)10-21-24)16(25)22-19(28)23-17-14(18(26)27-4-2)11-8-6-5-7-9-13(11)29-17/h10H,3-9H2,1-2H3,(H2,22,23,25,28). The molecule has 7 nitrogen and oxygen atoms in total. The van der Waals surface area contributed by atoms with Crippen molar-refractivity contribution in [2.45, 2.75) is 52.5 Å². The molecule has 2 aromatic rings. The number of carbonyl (C=O) groups is 2. The number of aryl methyl sites for hydroxylation is 2. The first kappa shape index (κ1) is 21.7. The molecule has 156 valence electrons. The van der Waals surface area contributed by atoms with Crippen LogP contribution >= 0.6 is 35.2 Å². The molecule has 0 atom stereocenters. The van der Waals surface area contributed by atoms with Crippen molar-refractivity contribution in [3.8, 4) is 0 Å². The minimum atomic E-state index is -0.456. The van der Waals surface area contributed by atoms with Gasteiger partial charge in [0.25, 0.3) is 5.91 Å². The first-order chi connectivity index (χ1) is 14.0. The van der Waals surface area contributed by atoms with Gasteiger partial charge >= 0.3 is 5.97 Å². The molecule has 0 bridgehead atoms. The Balaban J connectivity index is 1.82. The lowest BCUT2D eigenvalue weighted by molar-refractivity contribution is 0.0526. The van der Waals surface area contributed by atoms with E-state index >= 15 is 0 Å². The Labute approximate surface area is 183 Å². The van der Waals surface area contributed by atoms with Crippen LogP contribution in [0.3, 0.4) is 0 Å². The van der Waals surface area contributed by atoms with Crippen molar-refractivity contribution in [1.82, 2.24) is 15.1 Å². The van der Waals surface area contributed by atoms with Crippen LogP contribution in [0.15, 0.2) is 6.20 Å². The lowest BCUT2D eigenvalue weighted by atomic mass is 10.1. The number of halogens is 1. The van der Waals surface area contributed by atoms with Gasteiger partial charge in [0.15, 0.2) is 5.11 Å². The number of ether oxygens (including phenoxy) is 1. The van der Waals surface area contributed by atoms with Crippen molar-refractivity contribution in [3.05, 3.63) is 32.9 Å². The highest BCUT2D eigenvalue weighted by Crippen LogP contribution is 2.38. The van der Waals surface area contributed by atoms with Crippen molar-refractivity contribution in [2.75, 3.05) is 11.9 Å². The van der Waals surface area contributed by atoms with E-state index < -0.39 is 5.91 Å². The summed E-state index contributed by atoms with van der Waals surface area (Å²) in [5.74, 6) is -0.821. The molecule has 0 aromatic carbocycles. The largest absolute Gasteiger partial charge is 0.462 e. The van der Waals surface area contributed by atoms with Gasteiger partial charge in [-0.25, -0.2) is 4.79 Å². The summed E-state index contributed by atoms with van der Waals surface area (Å²) in [6.07, 6.45) is 6.47. The molecular weight excluding hydrogens is 432 g/mol. The topological polar surface area (TPSA) is 85.2 Å². The van der Waals surface area contributed by atoms with E-state index in [1.165, 1.54) is 27.1 Å². The van der Waals surface area contributed by atoms with Gasteiger partial charge in [-0.15, -0.1) is 11.3 Å². The number of amides is 1. The molecule has 0 unspecified atom stereocenters. The summed E-state index contributed by atoms with van der Waals surface area (Å²) in [6.45, 7) is 4.44. The molecule has 2 N–H and O–H groups in total. The summed E-state index contributed by atoms with van der Waals surface area (Å²) in [7, 11) is 0. The summed E-state index contributed by atoms with van der Waals surface area (Å²) in [6, 6.07) is 0. The number of aromatic nitrogens is 2. The third-order valence-corrected chi connectivity index (χ3v) is 6.35. The molecule has 2 heterocycles. The van der Waals surface area contributed by atoms with Crippen LogP contribution in [0.25, 0.3) is 0 Å². The Bertz CT molecular complexity index is 938. The normalized spacial score (nSPS) is 13.3. The Morgan fingerprint density at radius 3 is 2.79 bits per heavy atom. The lowest BCUT2D eigenvalue weighted by Crippen LogP contribution is -2.35. The second-order valence-electron chi connectivity index (χ2n) is 6.55. The third-order valence-electron chi connectivity index (χ3n) is 4.66. The molecule has 1 aliphatic rings. The Kier molecular flexibility index (Phi) is 7.26. The molecule has 0 spiro atoms. The number of esters is 1. The summed E-state index contributed by atoms with van der Waals surface area (Å²) in [5, 5.41) is 10.7. The number of rotatable bonds is 5. The van der Waals surface area contributed by atoms with Gasteiger partial charge in [-0.2, -0.15) is 5.10 Å². The van der Waals surface area contributed by atoms with Gasteiger partial charge in [0.1, 0.15) is 10.7 Å². The third kappa shape index (κ3) is 4.79. The minimum Gasteiger partial charge on any atom is -0.462 e. The van der Waals surface area contributed by atoms with E-state index in [1.807, 2.05) is 6.92 Å². The number of fused-ring (bicyclic) bond motifs is 1. The van der Waals surface area contributed by atoms with E-state index in [0.29, 0.717) is 23.7 Å². The molecule has 1 amide bonds. The fourth-order valence-corrected chi connectivity index (χ4v) is 5.14. The summed E-state index contributed by atoms with van der Waals surface area (Å²) in [5.41, 5.74) is 1.81. The van der Waals surface area contributed by atoms with Crippen molar-refractivity contribution in [3.63, 3.8) is 0 Å². The van der Waals surface area contributed by atoms with Crippen LogP contribution in [0.1, 0.15) is 64.4 Å². The molecule has 29 heavy (non-hydrogen) atoms. The fourth-order valence-electron chi connectivity index (χ4n) is 3.37. The number of carbonyl (C=O) groups excluding carboxylic acids is 2. The van der Waals surface area contributed by atoms with Crippen LogP contribution < -0.4 is 10.6 Å². The first-order valence-electron chi connectivity index (χ1n) is 9.61. The number of nitrogens with one attached hydrogen (secondary N) is 2. The van der Waals surface area contributed by atoms with E-state index in [0.717, 1.165) is 37.7 Å². The maximum atomic E-state index is 12.6. The van der Waals surface area contributed by atoms with Crippen LogP contribution in [-0.2, 0) is 24.1 Å². The van der Waals surface area contributed by atoms with Gasteiger partial charge in [0.2, 0.25) is 0 Å². The van der Waals surface area contributed by atoms with Gasteiger partial charge in [-0.05, 0) is 57.3 Å². The summed E-state index contributed by atoms with van der Waals surface area (Å²) < 4.78 is 6.77. The second-order valence-corrected chi connectivity index (χ2v) is 8.47. The molecule has 2 aromatic heterocycles. The molecule has 0 fully saturated rings. The highest BCUT2D eigenvalue weighted by Gasteiger charge is 2.26. The number of thiocarbonyl (C=S) groups is 1. The van der Waals surface area contributed by atoms with Crippen LogP contribution in [0.4, 0.5) is 5.00 Å². The molecule has 0 saturated heterocycles. The highest BCUT2D eigenvalue weighted by atomic mass is 35.5.